The predicted octanol–water partition coefficient (Wildman–Crippen LogP) is 1.61. The molecule has 31 heavy (non-hydrogen) atoms. The monoisotopic (exact) mass is 457 g/mol. The Morgan fingerprint density at radius 1 is 1.13 bits per heavy atom. The topological polar surface area (TPSA) is 163 Å². The second-order valence-corrected chi connectivity index (χ2v) is 8.29. The molecule has 12 nitrogen and oxygen atoms in total. The second-order valence-electron chi connectivity index (χ2n) is 6.67. The lowest BCUT2D eigenvalue weighted by Gasteiger charge is -2.42. The molecule has 1 aliphatic rings. The summed E-state index contributed by atoms with van der Waals surface area (Å²) < 4.78 is 51.3. The quantitative estimate of drug-likeness (QED) is 0.185. The summed E-state index contributed by atoms with van der Waals surface area (Å²) >= 11 is 0. The third-order valence-corrected chi connectivity index (χ3v) is 5.63. The number of hydrogen-bond donors (Lipinski definition) is 0. The number of ether oxygens (including phenoxy) is 4. The van der Waals surface area contributed by atoms with Crippen LogP contribution in [0.15, 0.2) is 34.3 Å². The molecule has 170 valence electrons. The third-order valence-electron chi connectivity index (χ3n) is 4.34. The Hall–Kier alpha value is -2.70. The van der Waals surface area contributed by atoms with Gasteiger partial charge in [-0.1, -0.05) is 22.8 Å². The lowest BCUT2D eigenvalue weighted by atomic mass is 9.96. The Kier molecular flexibility index (Phi) is 8.36. The van der Waals surface area contributed by atoms with Gasteiger partial charge in [-0.15, -0.1) is 0 Å². The first-order valence-electron chi connectivity index (χ1n) is 9.12. The maximum absolute atomic E-state index is 12.5. The Bertz CT molecular complexity index is 945. The van der Waals surface area contributed by atoms with Crippen molar-refractivity contribution in [1.29, 1.82) is 0 Å². The Balaban J connectivity index is 2.32. The number of carbonyl (C=O) groups is 2. The zero-order valence-electron chi connectivity index (χ0n) is 17.3. The fourth-order valence-corrected chi connectivity index (χ4v) is 3.91. The first kappa shape index (κ1) is 24.6. The van der Waals surface area contributed by atoms with Gasteiger partial charge in [0.1, 0.15) is 18.2 Å². The lowest BCUT2D eigenvalue weighted by molar-refractivity contribution is -0.273. The molecule has 0 aromatic heterocycles. The standard InChI is InChI=1S/C18H23N3O9S/c1-10-5-7-13(8-6-10)31(24,25)27-9-14-16(28-11(2)22)15(20-21-19)17(29-12(3)23)18(26-4)30-14/h5-8,14-18H,9H2,1-4H3/t14-,15-,16-,17+,18+/m1/s1. The van der Waals surface area contributed by atoms with E-state index in [-0.39, 0.29) is 4.90 Å². The van der Waals surface area contributed by atoms with Crippen LogP contribution in [-0.2, 0) is 42.8 Å². The van der Waals surface area contributed by atoms with E-state index in [4.69, 9.17) is 28.7 Å². The van der Waals surface area contributed by atoms with Crippen LogP contribution in [0, 0.1) is 6.92 Å². The van der Waals surface area contributed by atoms with Gasteiger partial charge in [-0.3, -0.25) is 13.8 Å². The summed E-state index contributed by atoms with van der Waals surface area (Å²) in [4.78, 5) is 25.8. The molecule has 0 amide bonds. The number of esters is 2. The van der Waals surface area contributed by atoms with Crippen molar-refractivity contribution in [2.75, 3.05) is 13.7 Å². The summed E-state index contributed by atoms with van der Waals surface area (Å²) in [6.07, 6.45) is -5.00. The largest absolute Gasteiger partial charge is 0.459 e. The molecule has 0 bridgehead atoms. The van der Waals surface area contributed by atoms with Gasteiger partial charge >= 0.3 is 11.9 Å². The van der Waals surface area contributed by atoms with E-state index in [2.05, 4.69) is 10.0 Å². The van der Waals surface area contributed by atoms with Crippen molar-refractivity contribution in [3.05, 3.63) is 40.3 Å². The molecule has 0 N–H and O–H groups in total. The Morgan fingerprint density at radius 3 is 2.23 bits per heavy atom. The predicted molar refractivity (Wildman–Crippen MR) is 104 cm³/mol. The zero-order chi connectivity index (χ0) is 23.2. The number of methoxy groups -OCH3 is 1. The summed E-state index contributed by atoms with van der Waals surface area (Å²) in [6.45, 7) is 3.46. The maximum Gasteiger partial charge on any atom is 0.303 e. The number of hydrogen-bond acceptors (Lipinski definition) is 10. The molecule has 1 aromatic rings. The van der Waals surface area contributed by atoms with Crippen molar-refractivity contribution in [2.24, 2.45) is 5.11 Å². The van der Waals surface area contributed by atoms with Crippen LogP contribution in [-0.4, -0.2) is 64.7 Å². The van der Waals surface area contributed by atoms with Gasteiger partial charge in [-0.2, -0.15) is 8.42 Å². The Morgan fingerprint density at radius 2 is 1.71 bits per heavy atom. The molecule has 0 spiro atoms. The second kappa shape index (κ2) is 10.6. The average Bonchev–Trinajstić information content (AvgIpc) is 2.69. The van der Waals surface area contributed by atoms with Crippen molar-refractivity contribution in [3.63, 3.8) is 0 Å². The molecular formula is C18H23N3O9S. The fourth-order valence-electron chi connectivity index (χ4n) is 2.99. The van der Waals surface area contributed by atoms with Crippen LogP contribution in [0.1, 0.15) is 19.4 Å². The van der Waals surface area contributed by atoms with Crippen molar-refractivity contribution < 1.29 is 41.1 Å². The molecule has 1 aliphatic heterocycles. The molecule has 0 aliphatic carbocycles. The molecule has 1 fully saturated rings. The average molecular weight is 457 g/mol. The smallest absolute Gasteiger partial charge is 0.303 e. The van der Waals surface area contributed by atoms with E-state index in [0.717, 1.165) is 19.4 Å². The van der Waals surface area contributed by atoms with E-state index in [0.29, 0.717) is 0 Å². The SMILES string of the molecule is CO[C@H]1O[C@H](COS(=O)(=O)c2ccc(C)cc2)[C@@H](OC(C)=O)[C@@H](N=[N+]=[N-])[C@@H]1OC(C)=O. The van der Waals surface area contributed by atoms with E-state index in [9.17, 15) is 18.0 Å². The van der Waals surface area contributed by atoms with Crippen molar-refractivity contribution in [3.8, 4) is 0 Å². The van der Waals surface area contributed by atoms with Crippen LogP contribution in [0.4, 0.5) is 0 Å². The molecule has 0 unspecified atom stereocenters. The highest BCUT2D eigenvalue weighted by molar-refractivity contribution is 7.86. The summed E-state index contributed by atoms with van der Waals surface area (Å²) in [5.74, 6) is -1.47. The van der Waals surface area contributed by atoms with Crippen LogP contribution in [0.5, 0.6) is 0 Å². The zero-order valence-corrected chi connectivity index (χ0v) is 18.1. The minimum absolute atomic E-state index is 0.0781. The van der Waals surface area contributed by atoms with Gasteiger partial charge in [0.05, 0.1) is 11.5 Å². The number of carbonyl (C=O) groups excluding carboxylic acids is 2. The fraction of sp³-hybridized carbons (Fsp3) is 0.556. The van der Waals surface area contributed by atoms with E-state index in [1.807, 2.05) is 0 Å². The molecule has 5 atom stereocenters. The van der Waals surface area contributed by atoms with Gasteiger partial charge in [-0.25, -0.2) is 0 Å². The van der Waals surface area contributed by atoms with Gasteiger partial charge in [0.15, 0.2) is 12.4 Å². The van der Waals surface area contributed by atoms with Crippen LogP contribution < -0.4 is 0 Å². The van der Waals surface area contributed by atoms with Crippen LogP contribution in [0.25, 0.3) is 10.4 Å². The first-order valence-corrected chi connectivity index (χ1v) is 10.5. The molecule has 0 saturated carbocycles. The Labute approximate surface area is 179 Å². The van der Waals surface area contributed by atoms with E-state index >= 15 is 0 Å². The van der Waals surface area contributed by atoms with Gasteiger partial charge < -0.3 is 18.9 Å². The molecular weight excluding hydrogens is 434 g/mol. The van der Waals surface area contributed by atoms with Crippen molar-refractivity contribution in [2.45, 2.75) is 56.3 Å². The minimum atomic E-state index is -4.16. The molecule has 0 radical (unpaired) electrons. The highest BCUT2D eigenvalue weighted by atomic mass is 32.2. The molecule has 1 heterocycles. The summed E-state index contributed by atoms with van der Waals surface area (Å²) in [6, 6.07) is 4.72. The number of benzene rings is 1. The number of nitrogens with zero attached hydrogens (tertiary/aromatic N) is 3. The molecule has 1 saturated heterocycles. The van der Waals surface area contributed by atoms with Gasteiger partial charge in [0, 0.05) is 25.9 Å². The molecule has 13 heteroatoms. The van der Waals surface area contributed by atoms with Crippen LogP contribution >= 0.6 is 0 Å². The normalized spacial score (nSPS) is 25.9. The third kappa shape index (κ3) is 6.39. The molecule has 2 rings (SSSR count). The number of aryl methyl sites for hydroxylation is 1. The van der Waals surface area contributed by atoms with Gasteiger partial charge in [-0.05, 0) is 24.6 Å². The van der Waals surface area contributed by atoms with Crippen molar-refractivity contribution >= 4 is 22.1 Å². The molecule has 1 aromatic carbocycles. The van der Waals surface area contributed by atoms with E-state index in [1.165, 1.54) is 19.2 Å². The van der Waals surface area contributed by atoms with Gasteiger partial charge in [0.2, 0.25) is 0 Å². The van der Waals surface area contributed by atoms with Crippen LogP contribution in [0.2, 0.25) is 0 Å². The van der Waals surface area contributed by atoms with Gasteiger partial charge in [0.25, 0.3) is 10.1 Å². The van der Waals surface area contributed by atoms with E-state index < -0.39 is 59.3 Å². The van der Waals surface area contributed by atoms with E-state index in [1.54, 1.807) is 19.1 Å². The number of rotatable bonds is 8. The first-order chi connectivity index (χ1) is 14.6. The number of azide groups is 1. The van der Waals surface area contributed by atoms with Crippen LogP contribution in [0.3, 0.4) is 0 Å². The summed E-state index contributed by atoms with van der Waals surface area (Å²) in [5.41, 5.74) is 9.83. The summed E-state index contributed by atoms with van der Waals surface area (Å²) in [5, 5.41) is 3.57. The van der Waals surface area contributed by atoms with Crippen molar-refractivity contribution in [1.82, 2.24) is 0 Å². The maximum atomic E-state index is 12.5. The lowest BCUT2D eigenvalue weighted by Crippen LogP contribution is -2.60. The minimum Gasteiger partial charge on any atom is -0.459 e. The highest BCUT2D eigenvalue weighted by Gasteiger charge is 2.50. The highest BCUT2D eigenvalue weighted by Crippen LogP contribution is 2.30. The summed E-state index contributed by atoms with van der Waals surface area (Å²) in [7, 11) is -2.91.